The van der Waals surface area contributed by atoms with Crippen LogP contribution in [-0.4, -0.2) is 23.3 Å². The van der Waals surface area contributed by atoms with E-state index in [1.54, 1.807) is 11.3 Å². The van der Waals surface area contributed by atoms with Gasteiger partial charge in [-0.1, -0.05) is 25.2 Å². The molecule has 5 heteroatoms. The van der Waals surface area contributed by atoms with Crippen LogP contribution in [0.2, 0.25) is 0 Å². The summed E-state index contributed by atoms with van der Waals surface area (Å²) in [5, 5.41) is 8.08. The van der Waals surface area contributed by atoms with Crippen LogP contribution in [-0.2, 0) is 0 Å². The first-order valence-corrected chi connectivity index (χ1v) is 6.10. The zero-order valence-electron chi connectivity index (χ0n) is 8.54. The average Bonchev–Trinajstić information content (AvgIpc) is 2.52. The zero-order valence-corrected chi connectivity index (χ0v) is 10.2. The van der Waals surface area contributed by atoms with Gasteiger partial charge in [0.15, 0.2) is 3.95 Å². The molecule has 0 aromatic carbocycles. The van der Waals surface area contributed by atoms with Crippen molar-refractivity contribution < 1.29 is 0 Å². The Kier molecular flexibility index (Phi) is 2.62. The van der Waals surface area contributed by atoms with Crippen LogP contribution in [0.1, 0.15) is 26.7 Å². The van der Waals surface area contributed by atoms with Crippen LogP contribution < -0.4 is 4.90 Å². The Morgan fingerprint density at radius 1 is 1.43 bits per heavy atom. The lowest BCUT2D eigenvalue weighted by Gasteiger charge is -2.36. The summed E-state index contributed by atoms with van der Waals surface area (Å²) >= 11 is 6.59. The maximum absolute atomic E-state index is 5.02. The number of aromatic amines is 1. The van der Waals surface area contributed by atoms with Crippen molar-refractivity contribution in [2.75, 3.05) is 18.0 Å². The van der Waals surface area contributed by atoms with E-state index in [1.165, 1.54) is 12.8 Å². The highest BCUT2D eigenvalue weighted by atomic mass is 32.1. The molecule has 3 nitrogen and oxygen atoms in total. The van der Waals surface area contributed by atoms with Gasteiger partial charge in [-0.3, -0.25) is 5.10 Å². The molecule has 0 spiro atoms. The minimum Gasteiger partial charge on any atom is -0.347 e. The van der Waals surface area contributed by atoms with Gasteiger partial charge in [0.1, 0.15) is 0 Å². The fourth-order valence-electron chi connectivity index (χ4n) is 1.66. The maximum atomic E-state index is 5.02. The molecule has 1 saturated heterocycles. The van der Waals surface area contributed by atoms with Gasteiger partial charge in [0.05, 0.1) is 0 Å². The number of hydrogen-bond donors (Lipinski definition) is 1. The second-order valence-electron chi connectivity index (χ2n) is 4.55. The molecule has 78 valence electrons. The number of rotatable bonds is 1. The minimum absolute atomic E-state index is 0.494. The van der Waals surface area contributed by atoms with E-state index < -0.39 is 0 Å². The topological polar surface area (TPSA) is 31.9 Å². The molecule has 1 aliphatic rings. The SMILES string of the molecule is CC1(C)CCN(c2n[nH]c(=S)s2)CC1. The van der Waals surface area contributed by atoms with E-state index in [0.717, 1.165) is 22.2 Å². The predicted octanol–water partition coefficient (Wildman–Crippen LogP) is 2.83. The molecular formula is C9H15N3S2. The normalized spacial score (nSPS) is 21.1. The lowest BCUT2D eigenvalue weighted by Crippen LogP contribution is -2.37. The van der Waals surface area contributed by atoms with Crippen LogP contribution in [0.25, 0.3) is 0 Å². The Bertz CT molecular complexity index is 356. The highest BCUT2D eigenvalue weighted by Gasteiger charge is 2.26. The van der Waals surface area contributed by atoms with E-state index in [0.29, 0.717) is 5.41 Å². The molecule has 1 aromatic rings. The Labute approximate surface area is 93.1 Å². The van der Waals surface area contributed by atoms with Gasteiger partial charge in [-0.05, 0) is 30.5 Å². The molecule has 2 heterocycles. The van der Waals surface area contributed by atoms with Crippen molar-refractivity contribution in [1.82, 2.24) is 10.2 Å². The summed E-state index contributed by atoms with van der Waals surface area (Å²) < 4.78 is 0.768. The van der Waals surface area contributed by atoms with Crippen LogP contribution in [0.3, 0.4) is 0 Å². The molecule has 1 aliphatic heterocycles. The van der Waals surface area contributed by atoms with Crippen molar-refractivity contribution in [3.63, 3.8) is 0 Å². The van der Waals surface area contributed by atoms with E-state index >= 15 is 0 Å². The van der Waals surface area contributed by atoms with Gasteiger partial charge in [-0.25, -0.2) is 0 Å². The summed E-state index contributed by atoms with van der Waals surface area (Å²) in [5.74, 6) is 0. The molecular weight excluding hydrogens is 214 g/mol. The number of nitrogens with one attached hydrogen (secondary N) is 1. The van der Waals surface area contributed by atoms with E-state index in [4.69, 9.17) is 12.2 Å². The summed E-state index contributed by atoms with van der Waals surface area (Å²) in [6, 6.07) is 0. The molecule has 0 bridgehead atoms. The van der Waals surface area contributed by atoms with E-state index in [1.807, 2.05) is 0 Å². The molecule has 2 rings (SSSR count). The lowest BCUT2D eigenvalue weighted by molar-refractivity contribution is 0.279. The molecule has 1 N–H and O–H groups in total. The van der Waals surface area contributed by atoms with Gasteiger partial charge < -0.3 is 4.90 Å². The third kappa shape index (κ3) is 2.15. The molecule has 1 fully saturated rings. The molecule has 0 amide bonds. The quantitative estimate of drug-likeness (QED) is 0.751. The minimum atomic E-state index is 0.494. The first-order valence-electron chi connectivity index (χ1n) is 4.87. The molecule has 0 radical (unpaired) electrons. The second kappa shape index (κ2) is 3.62. The summed E-state index contributed by atoms with van der Waals surface area (Å²) in [6.45, 7) is 6.86. The zero-order chi connectivity index (χ0) is 10.2. The first-order chi connectivity index (χ1) is 6.57. The van der Waals surface area contributed by atoms with E-state index in [2.05, 4.69) is 28.9 Å². The molecule has 0 saturated carbocycles. The molecule has 0 atom stereocenters. The highest BCUT2D eigenvalue weighted by Crippen LogP contribution is 2.32. The van der Waals surface area contributed by atoms with Gasteiger partial charge in [0.25, 0.3) is 0 Å². The molecule has 0 unspecified atom stereocenters. The van der Waals surface area contributed by atoms with Crippen LogP contribution >= 0.6 is 23.6 Å². The highest BCUT2D eigenvalue weighted by molar-refractivity contribution is 7.73. The number of aromatic nitrogens is 2. The second-order valence-corrected chi connectivity index (χ2v) is 6.19. The van der Waals surface area contributed by atoms with Crippen LogP contribution in [0.5, 0.6) is 0 Å². The third-order valence-electron chi connectivity index (χ3n) is 2.81. The van der Waals surface area contributed by atoms with Crippen molar-refractivity contribution in [2.45, 2.75) is 26.7 Å². The first kappa shape index (κ1) is 10.1. The van der Waals surface area contributed by atoms with Gasteiger partial charge in [0, 0.05) is 13.1 Å². The van der Waals surface area contributed by atoms with Crippen molar-refractivity contribution in [3.05, 3.63) is 3.95 Å². The summed E-state index contributed by atoms with van der Waals surface area (Å²) in [6.07, 6.45) is 2.47. The van der Waals surface area contributed by atoms with E-state index in [-0.39, 0.29) is 0 Å². The van der Waals surface area contributed by atoms with Crippen LogP contribution in [0.15, 0.2) is 0 Å². The Morgan fingerprint density at radius 2 is 2.07 bits per heavy atom. The maximum Gasteiger partial charge on any atom is 0.206 e. The van der Waals surface area contributed by atoms with Crippen molar-refractivity contribution in [1.29, 1.82) is 0 Å². The molecule has 0 aliphatic carbocycles. The van der Waals surface area contributed by atoms with Gasteiger partial charge in [-0.15, -0.1) is 5.10 Å². The number of nitrogens with zero attached hydrogens (tertiary/aromatic N) is 2. The Balaban J connectivity index is 2.06. The van der Waals surface area contributed by atoms with Crippen molar-refractivity contribution >= 4 is 28.7 Å². The fraction of sp³-hybridized carbons (Fsp3) is 0.778. The van der Waals surface area contributed by atoms with Gasteiger partial charge in [0.2, 0.25) is 5.13 Å². The predicted molar refractivity (Wildman–Crippen MR) is 62.5 cm³/mol. The van der Waals surface area contributed by atoms with Crippen LogP contribution in [0.4, 0.5) is 5.13 Å². The average molecular weight is 229 g/mol. The monoisotopic (exact) mass is 229 g/mol. The smallest absolute Gasteiger partial charge is 0.206 e. The fourth-order valence-corrected chi connectivity index (χ4v) is 2.59. The van der Waals surface area contributed by atoms with Crippen LogP contribution in [0, 0.1) is 9.37 Å². The standard InChI is InChI=1S/C9H15N3S2/c1-9(2)3-5-12(6-4-9)7-10-11-8(13)14-7/h3-6H2,1-2H3,(H,11,13). The summed E-state index contributed by atoms with van der Waals surface area (Å²) in [7, 11) is 0. The van der Waals surface area contributed by atoms with Crippen molar-refractivity contribution in [3.8, 4) is 0 Å². The van der Waals surface area contributed by atoms with Gasteiger partial charge >= 0.3 is 0 Å². The van der Waals surface area contributed by atoms with E-state index in [9.17, 15) is 0 Å². The summed E-state index contributed by atoms with van der Waals surface area (Å²) in [5.41, 5.74) is 0.494. The number of H-pyrrole nitrogens is 1. The number of anilines is 1. The largest absolute Gasteiger partial charge is 0.347 e. The van der Waals surface area contributed by atoms with Gasteiger partial charge in [-0.2, -0.15) is 0 Å². The number of hydrogen-bond acceptors (Lipinski definition) is 4. The number of piperidine rings is 1. The Hall–Kier alpha value is -0.420. The summed E-state index contributed by atoms with van der Waals surface area (Å²) in [4.78, 5) is 2.32. The van der Waals surface area contributed by atoms with Crippen molar-refractivity contribution in [2.24, 2.45) is 5.41 Å². The lowest BCUT2D eigenvalue weighted by atomic mass is 9.83. The Morgan fingerprint density at radius 3 is 2.57 bits per heavy atom. The molecule has 14 heavy (non-hydrogen) atoms. The third-order valence-corrected chi connectivity index (χ3v) is 3.96. The molecule has 1 aromatic heterocycles.